The number of carbonyl (C=O) groups excluding carboxylic acids is 3. The minimum absolute atomic E-state index is 0.0102. The van der Waals surface area contributed by atoms with E-state index in [1.54, 1.807) is 16.8 Å². The van der Waals surface area contributed by atoms with Gasteiger partial charge in [-0.1, -0.05) is 0 Å². The zero-order valence-electron chi connectivity index (χ0n) is 12.3. The second kappa shape index (κ2) is 7.25. The molecule has 0 aromatic carbocycles. The van der Waals surface area contributed by atoms with Crippen molar-refractivity contribution in [1.82, 2.24) is 0 Å². The molecule has 7 nitrogen and oxygen atoms in total. The van der Waals surface area contributed by atoms with Gasteiger partial charge in [-0.15, -0.1) is 11.3 Å². The third-order valence-corrected chi connectivity index (χ3v) is 4.62. The van der Waals surface area contributed by atoms with Gasteiger partial charge in [0.1, 0.15) is 22.0 Å². The molecule has 0 amide bonds. The zero-order chi connectivity index (χ0) is 17.0. The van der Waals surface area contributed by atoms with Crippen LogP contribution in [0.5, 0.6) is 0 Å². The van der Waals surface area contributed by atoms with E-state index in [9.17, 15) is 14.4 Å². The van der Waals surface area contributed by atoms with Crippen molar-refractivity contribution in [1.29, 1.82) is 0 Å². The van der Waals surface area contributed by atoms with Crippen LogP contribution in [0.1, 0.15) is 36.0 Å². The van der Waals surface area contributed by atoms with Crippen molar-refractivity contribution < 1.29 is 28.6 Å². The number of nitrogens with two attached hydrogens (primary N) is 1. The first-order valence-electron chi connectivity index (χ1n) is 6.26. The summed E-state index contributed by atoms with van der Waals surface area (Å²) in [5.41, 5.74) is 6.36. The predicted octanol–water partition coefficient (Wildman–Crippen LogP) is 2.32. The van der Waals surface area contributed by atoms with Crippen molar-refractivity contribution in [2.45, 2.75) is 6.61 Å². The Morgan fingerprint density at radius 2 is 1.83 bits per heavy atom. The molecule has 0 atom stereocenters. The normalized spacial score (nSPS) is 10.2. The Balaban J connectivity index is 2.32. The molecule has 2 rings (SSSR count). The lowest BCUT2D eigenvalue weighted by Crippen LogP contribution is -2.12. The predicted molar refractivity (Wildman–Crippen MR) is 84.8 cm³/mol. The molecule has 2 N–H and O–H groups in total. The van der Waals surface area contributed by atoms with E-state index in [4.69, 9.17) is 10.5 Å². The molecule has 0 fully saturated rings. The van der Waals surface area contributed by atoms with Crippen molar-refractivity contribution in [3.8, 4) is 0 Å². The SMILES string of the molecule is COC(=O)c1sc(N)c(C(=O)OC)c1COC(=O)c1ccsc1. The molecule has 23 heavy (non-hydrogen) atoms. The fraction of sp³-hybridized carbons (Fsp3) is 0.214. The molecular formula is C14H13NO6S2. The number of methoxy groups -OCH3 is 2. The van der Waals surface area contributed by atoms with Gasteiger partial charge in [0.2, 0.25) is 0 Å². The van der Waals surface area contributed by atoms with E-state index < -0.39 is 17.9 Å². The van der Waals surface area contributed by atoms with Crippen molar-refractivity contribution in [3.63, 3.8) is 0 Å². The first-order valence-corrected chi connectivity index (χ1v) is 8.02. The highest BCUT2D eigenvalue weighted by molar-refractivity contribution is 7.18. The molecule has 0 spiro atoms. The maximum atomic E-state index is 11.9. The Morgan fingerprint density at radius 3 is 2.39 bits per heavy atom. The second-order valence-electron chi connectivity index (χ2n) is 4.22. The molecule has 2 heterocycles. The summed E-state index contributed by atoms with van der Waals surface area (Å²) in [6.45, 7) is -0.294. The summed E-state index contributed by atoms with van der Waals surface area (Å²) < 4.78 is 14.5. The number of carbonyl (C=O) groups is 3. The molecule has 0 bridgehead atoms. The summed E-state index contributed by atoms with van der Waals surface area (Å²) in [5.74, 6) is -1.95. The number of thiophene rings is 2. The van der Waals surface area contributed by atoms with E-state index in [1.165, 1.54) is 25.6 Å². The van der Waals surface area contributed by atoms with Crippen molar-refractivity contribution in [2.75, 3.05) is 20.0 Å². The highest BCUT2D eigenvalue weighted by atomic mass is 32.1. The minimum Gasteiger partial charge on any atom is -0.465 e. The van der Waals surface area contributed by atoms with Gasteiger partial charge in [-0.25, -0.2) is 14.4 Å². The number of ether oxygens (including phenoxy) is 3. The van der Waals surface area contributed by atoms with Crippen LogP contribution in [0.3, 0.4) is 0 Å². The molecule has 9 heteroatoms. The van der Waals surface area contributed by atoms with Crippen molar-refractivity contribution in [2.24, 2.45) is 0 Å². The molecule has 0 aliphatic carbocycles. The number of nitrogen functional groups attached to an aromatic ring is 1. The molecule has 0 aliphatic heterocycles. The molecular weight excluding hydrogens is 342 g/mol. The topological polar surface area (TPSA) is 105 Å². The molecule has 122 valence electrons. The lowest BCUT2D eigenvalue weighted by atomic mass is 10.1. The van der Waals surface area contributed by atoms with Gasteiger partial charge in [-0.3, -0.25) is 0 Å². The molecule has 2 aromatic heterocycles. The Labute approximate surface area is 139 Å². The average Bonchev–Trinajstić information content (AvgIpc) is 3.19. The number of anilines is 1. The van der Waals surface area contributed by atoms with E-state index in [0.29, 0.717) is 5.56 Å². The third kappa shape index (κ3) is 3.51. The van der Waals surface area contributed by atoms with Crippen LogP contribution in [0.25, 0.3) is 0 Å². The molecule has 0 saturated carbocycles. The van der Waals surface area contributed by atoms with Crippen LogP contribution >= 0.6 is 22.7 Å². The first-order chi connectivity index (χ1) is 11.0. The average molecular weight is 355 g/mol. The molecule has 2 aromatic rings. The van der Waals surface area contributed by atoms with Gasteiger partial charge in [-0.05, 0) is 11.4 Å². The summed E-state index contributed by atoms with van der Waals surface area (Å²) in [4.78, 5) is 35.7. The Hall–Kier alpha value is -2.39. The summed E-state index contributed by atoms with van der Waals surface area (Å²) >= 11 is 2.23. The molecule has 0 saturated heterocycles. The van der Waals surface area contributed by atoms with Crippen molar-refractivity contribution >= 4 is 45.6 Å². The van der Waals surface area contributed by atoms with Crippen LogP contribution in [0, 0.1) is 0 Å². The monoisotopic (exact) mass is 355 g/mol. The summed E-state index contributed by atoms with van der Waals surface area (Å²) in [6.07, 6.45) is 0. The van der Waals surface area contributed by atoms with Crippen LogP contribution < -0.4 is 5.73 Å². The van der Waals surface area contributed by atoms with Gasteiger partial charge in [0.25, 0.3) is 0 Å². The fourth-order valence-corrected chi connectivity index (χ4v) is 3.41. The second-order valence-corrected chi connectivity index (χ2v) is 6.05. The van der Waals surface area contributed by atoms with Gasteiger partial charge in [0.15, 0.2) is 0 Å². The Morgan fingerprint density at radius 1 is 1.13 bits per heavy atom. The largest absolute Gasteiger partial charge is 0.465 e. The number of rotatable bonds is 5. The lowest BCUT2D eigenvalue weighted by Gasteiger charge is -2.07. The summed E-state index contributed by atoms with van der Waals surface area (Å²) in [7, 11) is 2.40. The van der Waals surface area contributed by atoms with Gasteiger partial charge >= 0.3 is 17.9 Å². The van der Waals surface area contributed by atoms with Crippen LogP contribution in [0.2, 0.25) is 0 Å². The smallest absolute Gasteiger partial charge is 0.348 e. The first kappa shape index (κ1) is 17.0. The number of esters is 3. The number of hydrogen-bond acceptors (Lipinski definition) is 9. The van der Waals surface area contributed by atoms with E-state index in [1.807, 2.05) is 0 Å². The maximum absolute atomic E-state index is 11.9. The van der Waals surface area contributed by atoms with E-state index >= 15 is 0 Å². The van der Waals surface area contributed by atoms with Crippen LogP contribution in [0.15, 0.2) is 16.8 Å². The van der Waals surface area contributed by atoms with E-state index in [0.717, 1.165) is 11.3 Å². The van der Waals surface area contributed by atoms with E-state index in [2.05, 4.69) is 9.47 Å². The quantitative estimate of drug-likeness (QED) is 0.648. The van der Waals surface area contributed by atoms with Gasteiger partial charge in [-0.2, -0.15) is 11.3 Å². The standard InChI is InChI=1S/C14H13NO6S2/c1-19-13(17)9-8(10(14(18)20-2)23-11(9)15)5-21-12(16)7-3-4-22-6-7/h3-4,6H,5,15H2,1-2H3. The van der Waals surface area contributed by atoms with Gasteiger partial charge in [0, 0.05) is 10.9 Å². The summed E-state index contributed by atoms with van der Waals surface area (Å²) in [6, 6.07) is 1.61. The zero-order valence-corrected chi connectivity index (χ0v) is 13.9. The third-order valence-electron chi connectivity index (χ3n) is 2.90. The summed E-state index contributed by atoms with van der Waals surface area (Å²) in [5, 5.41) is 3.46. The van der Waals surface area contributed by atoms with Crippen LogP contribution in [-0.4, -0.2) is 32.1 Å². The molecule has 0 aliphatic rings. The molecule has 0 unspecified atom stereocenters. The van der Waals surface area contributed by atoms with Gasteiger partial charge in [0.05, 0.1) is 19.8 Å². The maximum Gasteiger partial charge on any atom is 0.348 e. The number of hydrogen-bond donors (Lipinski definition) is 1. The van der Waals surface area contributed by atoms with Gasteiger partial charge < -0.3 is 19.9 Å². The molecule has 0 radical (unpaired) electrons. The fourth-order valence-electron chi connectivity index (χ4n) is 1.81. The highest BCUT2D eigenvalue weighted by Gasteiger charge is 2.28. The Kier molecular flexibility index (Phi) is 5.35. The minimum atomic E-state index is -0.713. The van der Waals surface area contributed by atoms with E-state index in [-0.39, 0.29) is 27.6 Å². The Bertz CT molecular complexity index is 735. The lowest BCUT2D eigenvalue weighted by molar-refractivity contribution is 0.0453. The van der Waals surface area contributed by atoms with Crippen LogP contribution in [-0.2, 0) is 20.8 Å². The van der Waals surface area contributed by atoms with Crippen LogP contribution in [0.4, 0.5) is 5.00 Å². The van der Waals surface area contributed by atoms with Crippen molar-refractivity contribution in [3.05, 3.63) is 38.4 Å². The highest BCUT2D eigenvalue weighted by Crippen LogP contribution is 2.33.